The van der Waals surface area contributed by atoms with Gasteiger partial charge in [-0.05, 0) is 31.5 Å². The van der Waals surface area contributed by atoms with Gasteiger partial charge in [0.2, 0.25) is 0 Å². The standard InChI is InChI=1S/C13H21NO3/c1-10(6-7-16-2)14-9-11-8-12(17-3)4-5-13(11)15/h4-5,8,10,14-15H,6-7,9H2,1-3H3. The number of hydrogen-bond acceptors (Lipinski definition) is 4. The number of rotatable bonds is 7. The van der Waals surface area contributed by atoms with Crippen molar-refractivity contribution < 1.29 is 14.6 Å². The molecule has 1 aromatic rings. The normalized spacial score (nSPS) is 12.4. The third kappa shape index (κ3) is 4.63. The van der Waals surface area contributed by atoms with Crippen LogP contribution in [0.15, 0.2) is 18.2 Å². The number of ether oxygens (including phenoxy) is 2. The van der Waals surface area contributed by atoms with E-state index in [1.54, 1.807) is 26.4 Å². The molecule has 0 spiro atoms. The van der Waals surface area contributed by atoms with Crippen molar-refractivity contribution in [1.82, 2.24) is 5.32 Å². The average Bonchev–Trinajstić information content (AvgIpc) is 2.35. The van der Waals surface area contributed by atoms with E-state index in [1.165, 1.54) is 0 Å². The van der Waals surface area contributed by atoms with Gasteiger partial charge in [0.15, 0.2) is 0 Å². The van der Waals surface area contributed by atoms with Crippen LogP contribution in [0.1, 0.15) is 18.9 Å². The van der Waals surface area contributed by atoms with E-state index in [0.29, 0.717) is 12.6 Å². The second-order valence-corrected chi connectivity index (χ2v) is 4.06. The zero-order valence-electron chi connectivity index (χ0n) is 10.7. The molecule has 1 rings (SSSR count). The molecule has 0 saturated carbocycles. The highest BCUT2D eigenvalue weighted by atomic mass is 16.5. The van der Waals surface area contributed by atoms with Crippen molar-refractivity contribution in [1.29, 1.82) is 0 Å². The zero-order valence-corrected chi connectivity index (χ0v) is 10.7. The van der Waals surface area contributed by atoms with Gasteiger partial charge in [0.1, 0.15) is 11.5 Å². The molecule has 0 amide bonds. The summed E-state index contributed by atoms with van der Waals surface area (Å²) in [7, 11) is 3.31. The summed E-state index contributed by atoms with van der Waals surface area (Å²) >= 11 is 0. The summed E-state index contributed by atoms with van der Waals surface area (Å²) in [5, 5.41) is 13.0. The number of phenols is 1. The molecule has 0 heterocycles. The Morgan fingerprint density at radius 2 is 2.12 bits per heavy atom. The summed E-state index contributed by atoms with van der Waals surface area (Å²) in [5.41, 5.74) is 0.841. The van der Waals surface area contributed by atoms with Crippen molar-refractivity contribution in [2.45, 2.75) is 25.9 Å². The van der Waals surface area contributed by atoms with Crippen molar-refractivity contribution >= 4 is 0 Å². The number of hydrogen-bond donors (Lipinski definition) is 2. The predicted molar refractivity (Wildman–Crippen MR) is 67.5 cm³/mol. The Hall–Kier alpha value is -1.26. The van der Waals surface area contributed by atoms with Crippen LogP contribution < -0.4 is 10.1 Å². The van der Waals surface area contributed by atoms with Crippen molar-refractivity contribution in [2.75, 3.05) is 20.8 Å². The highest BCUT2D eigenvalue weighted by Gasteiger charge is 2.05. The summed E-state index contributed by atoms with van der Waals surface area (Å²) in [6.45, 7) is 3.45. The van der Waals surface area contributed by atoms with Gasteiger partial charge in [-0.15, -0.1) is 0 Å². The minimum absolute atomic E-state index is 0.289. The Bertz CT molecular complexity index is 341. The number of aromatic hydroxyl groups is 1. The predicted octanol–water partition coefficient (Wildman–Crippen LogP) is 1.92. The lowest BCUT2D eigenvalue weighted by Crippen LogP contribution is -2.26. The maximum absolute atomic E-state index is 9.70. The molecule has 0 fully saturated rings. The maximum atomic E-state index is 9.70. The molecule has 0 aliphatic carbocycles. The van der Waals surface area contributed by atoms with Crippen molar-refractivity contribution in [2.24, 2.45) is 0 Å². The van der Waals surface area contributed by atoms with Gasteiger partial charge in [0, 0.05) is 31.9 Å². The van der Waals surface area contributed by atoms with Crippen LogP contribution >= 0.6 is 0 Å². The minimum Gasteiger partial charge on any atom is -0.508 e. The molecule has 0 aliphatic heterocycles. The molecule has 0 radical (unpaired) electrons. The third-order valence-electron chi connectivity index (χ3n) is 2.68. The molecule has 17 heavy (non-hydrogen) atoms. The van der Waals surface area contributed by atoms with Crippen LogP contribution in [0.5, 0.6) is 11.5 Å². The molecule has 1 unspecified atom stereocenters. The summed E-state index contributed by atoms with van der Waals surface area (Å²) in [5.74, 6) is 1.04. The first kappa shape index (κ1) is 13.8. The van der Waals surface area contributed by atoms with Crippen LogP contribution in [0.4, 0.5) is 0 Å². The number of phenolic OH excluding ortho intramolecular Hbond substituents is 1. The van der Waals surface area contributed by atoms with Crippen LogP contribution in [0.25, 0.3) is 0 Å². The summed E-state index contributed by atoms with van der Waals surface area (Å²) in [4.78, 5) is 0. The van der Waals surface area contributed by atoms with E-state index in [2.05, 4.69) is 12.2 Å². The molecule has 4 nitrogen and oxygen atoms in total. The maximum Gasteiger partial charge on any atom is 0.120 e. The van der Waals surface area contributed by atoms with Gasteiger partial charge in [-0.1, -0.05) is 0 Å². The van der Waals surface area contributed by atoms with E-state index in [0.717, 1.165) is 24.3 Å². The Morgan fingerprint density at radius 1 is 1.35 bits per heavy atom. The SMILES string of the molecule is COCCC(C)NCc1cc(OC)ccc1O. The van der Waals surface area contributed by atoms with Crippen LogP contribution in [0.2, 0.25) is 0 Å². The van der Waals surface area contributed by atoms with Gasteiger partial charge >= 0.3 is 0 Å². The lowest BCUT2D eigenvalue weighted by atomic mass is 10.1. The Labute approximate surface area is 103 Å². The smallest absolute Gasteiger partial charge is 0.120 e. The number of benzene rings is 1. The topological polar surface area (TPSA) is 50.7 Å². The highest BCUT2D eigenvalue weighted by molar-refractivity contribution is 5.39. The fourth-order valence-corrected chi connectivity index (χ4v) is 1.51. The summed E-state index contributed by atoms with van der Waals surface area (Å²) in [6, 6.07) is 5.58. The Morgan fingerprint density at radius 3 is 2.76 bits per heavy atom. The molecule has 1 atom stereocenters. The first-order valence-corrected chi connectivity index (χ1v) is 5.75. The quantitative estimate of drug-likeness (QED) is 0.763. The third-order valence-corrected chi connectivity index (χ3v) is 2.68. The fourth-order valence-electron chi connectivity index (χ4n) is 1.51. The van der Waals surface area contributed by atoms with Crippen LogP contribution in [-0.2, 0) is 11.3 Å². The van der Waals surface area contributed by atoms with E-state index in [-0.39, 0.29) is 5.75 Å². The van der Waals surface area contributed by atoms with Crippen molar-refractivity contribution in [3.63, 3.8) is 0 Å². The molecule has 2 N–H and O–H groups in total. The molecular weight excluding hydrogens is 218 g/mol. The molecule has 96 valence electrons. The van der Waals surface area contributed by atoms with Crippen LogP contribution in [-0.4, -0.2) is 32.0 Å². The lowest BCUT2D eigenvalue weighted by Gasteiger charge is -2.14. The van der Waals surface area contributed by atoms with Gasteiger partial charge in [-0.25, -0.2) is 0 Å². The monoisotopic (exact) mass is 239 g/mol. The lowest BCUT2D eigenvalue weighted by molar-refractivity contribution is 0.184. The van der Waals surface area contributed by atoms with Gasteiger partial charge in [0.05, 0.1) is 7.11 Å². The fraction of sp³-hybridized carbons (Fsp3) is 0.538. The Balaban J connectivity index is 2.50. The highest BCUT2D eigenvalue weighted by Crippen LogP contribution is 2.22. The molecule has 0 aliphatic rings. The van der Waals surface area contributed by atoms with Gasteiger partial charge in [-0.3, -0.25) is 0 Å². The van der Waals surface area contributed by atoms with E-state index >= 15 is 0 Å². The second-order valence-electron chi connectivity index (χ2n) is 4.06. The number of nitrogens with one attached hydrogen (secondary N) is 1. The minimum atomic E-state index is 0.289. The van der Waals surface area contributed by atoms with E-state index < -0.39 is 0 Å². The molecule has 0 bridgehead atoms. The zero-order chi connectivity index (χ0) is 12.7. The van der Waals surface area contributed by atoms with Crippen molar-refractivity contribution in [3.05, 3.63) is 23.8 Å². The van der Waals surface area contributed by atoms with Gasteiger partial charge in [-0.2, -0.15) is 0 Å². The molecular formula is C13H21NO3. The summed E-state index contributed by atoms with van der Waals surface area (Å²) < 4.78 is 10.1. The first-order valence-electron chi connectivity index (χ1n) is 5.75. The van der Waals surface area contributed by atoms with Crippen LogP contribution in [0, 0.1) is 0 Å². The van der Waals surface area contributed by atoms with Crippen LogP contribution in [0.3, 0.4) is 0 Å². The Kier molecular flexibility index (Phi) is 5.80. The van der Waals surface area contributed by atoms with Crippen molar-refractivity contribution in [3.8, 4) is 11.5 Å². The molecule has 0 aromatic heterocycles. The van der Waals surface area contributed by atoms with Gasteiger partial charge < -0.3 is 19.9 Å². The number of methoxy groups -OCH3 is 2. The van der Waals surface area contributed by atoms with Gasteiger partial charge in [0.25, 0.3) is 0 Å². The van der Waals surface area contributed by atoms with E-state index in [4.69, 9.17) is 9.47 Å². The second kappa shape index (κ2) is 7.14. The van der Waals surface area contributed by atoms with E-state index in [1.807, 2.05) is 6.07 Å². The summed E-state index contributed by atoms with van der Waals surface area (Å²) in [6.07, 6.45) is 0.946. The largest absolute Gasteiger partial charge is 0.508 e. The first-order chi connectivity index (χ1) is 8.17. The molecule has 1 aromatic carbocycles. The van der Waals surface area contributed by atoms with E-state index in [9.17, 15) is 5.11 Å². The molecule has 0 saturated heterocycles. The molecule has 4 heteroatoms. The average molecular weight is 239 g/mol.